The Balaban J connectivity index is 1.88. The van der Waals surface area contributed by atoms with Crippen LogP contribution in [0.3, 0.4) is 0 Å². The molecule has 2 rings (SSSR count). The molecule has 22 heavy (non-hydrogen) atoms. The number of hydrogen-bond donors (Lipinski definition) is 3. The maximum Gasteiger partial charge on any atom is 0.303 e. The van der Waals surface area contributed by atoms with Crippen molar-refractivity contribution in [1.82, 2.24) is 10.3 Å². The second-order valence-corrected chi connectivity index (χ2v) is 6.19. The van der Waals surface area contributed by atoms with Crippen LogP contribution in [0.5, 0.6) is 0 Å². The summed E-state index contributed by atoms with van der Waals surface area (Å²) in [6, 6.07) is 8.00. The lowest BCUT2D eigenvalue weighted by Crippen LogP contribution is -2.43. The molecule has 5 nitrogen and oxygen atoms in total. The Morgan fingerprint density at radius 3 is 2.68 bits per heavy atom. The van der Waals surface area contributed by atoms with Crippen LogP contribution in [0.4, 0.5) is 0 Å². The summed E-state index contributed by atoms with van der Waals surface area (Å²) in [5, 5.41) is 12.8. The molecule has 0 spiro atoms. The SMILES string of the molecule is CC(C)(CCC(=O)O)NC(=O)CCc1c[nH]c2ccccc12. The van der Waals surface area contributed by atoms with Crippen LogP contribution in [0.2, 0.25) is 0 Å². The largest absolute Gasteiger partial charge is 0.481 e. The Labute approximate surface area is 129 Å². The van der Waals surface area contributed by atoms with Gasteiger partial charge in [-0.15, -0.1) is 0 Å². The third-order valence-corrected chi connectivity index (χ3v) is 3.74. The second-order valence-electron chi connectivity index (χ2n) is 6.19. The van der Waals surface area contributed by atoms with E-state index in [1.807, 2.05) is 44.3 Å². The Hall–Kier alpha value is -2.30. The molecule has 1 aromatic heterocycles. The molecule has 1 aromatic carbocycles. The molecule has 0 bridgehead atoms. The van der Waals surface area contributed by atoms with Crippen molar-refractivity contribution >= 4 is 22.8 Å². The summed E-state index contributed by atoms with van der Waals surface area (Å²) in [6.45, 7) is 3.69. The smallest absolute Gasteiger partial charge is 0.303 e. The third-order valence-electron chi connectivity index (χ3n) is 3.74. The average molecular weight is 302 g/mol. The molecule has 0 radical (unpaired) electrons. The molecule has 5 heteroatoms. The molecule has 1 amide bonds. The Morgan fingerprint density at radius 2 is 1.95 bits per heavy atom. The van der Waals surface area contributed by atoms with Crippen molar-refractivity contribution in [1.29, 1.82) is 0 Å². The first-order valence-electron chi connectivity index (χ1n) is 7.45. The number of nitrogens with one attached hydrogen (secondary N) is 2. The van der Waals surface area contributed by atoms with Gasteiger partial charge < -0.3 is 15.4 Å². The number of carboxylic acid groups (broad SMARTS) is 1. The molecule has 0 aliphatic rings. The zero-order chi connectivity index (χ0) is 16.2. The van der Waals surface area contributed by atoms with Crippen LogP contribution in [-0.4, -0.2) is 27.5 Å². The van der Waals surface area contributed by atoms with Crippen LogP contribution in [0.25, 0.3) is 10.9 Å². The van der Waals surface area contributed by atoms with E-state index in [-0.39, 0.29) is 12.3 Å². The molecule has 0 saturated carbocycles. The molecule has 118 valence electrons. The normalized spacial score (nSPS) is 11.5. The van der Waals surface area contributed by atoms with Crippen LogP contribution in [0, 0.1) is 0 Å². The minimum Gasteiger partial charge on any atom is -0.481 e. The summed E-state index contributed by atoms with van der Waals surface area (Å²) in [5.74, 6) is -0.901. The van der Waals surface area contributed by atoms with Gasteiger partial charge in [-0.1, -0.05) is 18.2 Å². The van der Waals surface area contributed by atoms with Crippen molar-refractivity contribution in [2.24, 2.45) is 0 Å². The second kappa shape index (κ2) is 6.64. The number of carbonyl (C=O) groups is 2. The van der Waals surface area contributed by atoms with Crippen molar-refractivity contribution in [3.8, 4) is 0 Å². The highest BCUT2D eigenvalue weighted by Gasteiger charge is 2.21. The first-order valence-corrected chi connectivity index (χ1v) is 7.45. The van der Waals surface area contributed by atoms with Gasteiger partial charge >= 0.3 is 5.97 Å². The van der Waals surface area contributed by atoms with Gasteiger partial charge in [-0.05, 0) is 38.3 Å². The topological polar surface area (TPSA) is 82.2 Å². The molecule has 0 fully saturated rings. The highest BCUT2D eigenvalue weighted by Crippen LogP contribution is 2.19. The van der Waals surface area contributed by atoms with Gasteiger partial charge in [0.1, 0.15) is 0 Å². The third kappa shape index (κ3) is 4.35. The van der Waals surface area contributed by atoms with E-state index in [0.29, 0.717) is 19.3 Å². The number of aromatic nitrogens is 1. The fourth-order valence-corrected chi connectivity index (χ4v) is 2.51. The fraction of sp³-hybridized carbons (Fsp3) is 0.412. The first kappa shape index (κ1) is 16.1. The average Bonchev–Trinajstić information content (AvgIpc) is 2.86. The van der Waals surface area contributed by atoms with Gasteiger partial charge in [0.15, 0.2) is 0 Å². The lowest BCUT2D eigenvalue weighted by atomic mass is 9.98. The van der Waals surface area contributed by atoms with E-state index in [9.17, 15) is 9.59 Å². The molecular formula is C17H22N2O3. The predicted molar refractivity (Wildman–Crippen MR) is 85.7 cm³/mol. The summed E-state index contributed by atoms with van der Waals surface area (Å²) in [7, 11) is 0. The van der Waals surface area contributed by atoms with Gasteiger partial charge in [-0.2, -0.15) is 0 Å². The number of aryl methyl sites for hydroxylation is 1. The zero-order valence-corrected chi connectivity index (χ0v) is 13.0. The first-order chi connectivity index (χ1) is 10.4. The quantitative estimate of drug-likeness (QED) is 0.735. The number of aromatic amines is 1. The van der Waals surface area contributed by atoms with Crippen LogP contribution >= 0.6 is 0 Å². The summed E-state index contributed by atoms with van der Waals surface area (Å²) < 4.78 is 0. The number of amides is 1. The van der Waals surface area contributed by atoms with Crippen molar-refractivity contribution in [3.05, 3.63) is 36.0 Å². The summed E-state index contributed by atoms with van der Waals surface area (Å²) >= 11 is 0. The molecular weight excluding hydrogens is 280 g/mol. The zero-order valence-electron chi connectivity index (χ0n) is 13.0. The Morgan fingerprint density at radius 1 is 1.23 bits per heavy atom. The van der Waals surface area contributed by atoms with Crippen molar-refractivity contribution < 1.29 is 14.7 Å². The number of carbonyl (C=O) groups excluding carboxylic acids is 1. The number of hydrogen-bond acceptors (Lipinski definition) is 2. The van der Waals surface area contributed by atoms with Gasteiger partial charge in [0.25, 0.3) is 0 Å². The number of rotatable bonds is 7. The maximum atomic E-state index is 12.1. The van der Waals surface area contributed by atoms with Crippen LogP contribution < -0.4 is 5.32 Å². The fourth-order valence-electron chi connectivity index (χ4n) is 2.51. The van der Waals surface area contributed by atoms with E-state index in [0.717, 1.165) is 16.5 Å². The summed E-state index contributed by atoms with van der Waals surface area (Å²) in [4.78, 5) is 25.9. The number of H-pyrrole nitrogens is 1. The lowest BCUT2D eigenvalue weighted by molar-refractivity contribution is -0.137. The molecule has 0 unspecified atom stereocenters. The van der Waals surface area contributed by atoms with Crippen molar-refractivity contribution in [2.75, 3.05) is 0 Å². The van der Waals surface area contributed by atoms with E-state index in [1.54, 1.807) is 0 Å². The standard InChI is InChI=1S/C17H22N2O3/c1-17(2,10-9-16(21)22)19-15(20)8-7-12-11-18-14-6-4-3-5-13(12)14/h3-6,11,18H,7-10H2,1-2H3,(H,19,20)(H,21,22). The monoisotopic (exact) mass is 302 g/mol. The summed E-state index contributed by atoms with van der Waals surface area (Å²) in [5.41, 5.74) is 1.68. The molecule has 1 heterocycles. The van der Waals surface area contributed by atoms with Crippen LogP contribution in [0.1, 0.15) is 38.7 Å². The molecule has 0 aliphatic carbocycles. The van der Waals surface area contributed by atoms with Crippen molar-refractivity contribution in [2.45, 2.75) is 45.1 Å². The molecule has 0 aliphatic heterocycles. The number of fused-ring (bicyclic) bond motifs is 1. The molecule has 0 atom stereocenters. The minimum absolute atomic E-state index is 0.0513. The van der Waals surface area contributed by atoms with E-state index in [1.165, 1.54) is 0 Å². The van der Waals surface area contributed by atoms with Crippen molar-refractivity contribution in [3.63, 3.8) is 0 Å². The van der Waals surface area contributed by atoms with E-state index in [2.05, 4.69) is 10.3 Å². The lowest BCUT2D eigenvalue weighted by Gasteiger charge is -2.25. The highest BCUT2D eigenvalue weighted by molar-refractivity contribution is 5.84. The molecule has 0 saturated heterocycles. The number of benzene rings is 1. The van der Waals surface area contributed by atoms with Gasteiger partial charge in [0, 0.05) is 35.5 Å². The van der Waals surface area contributed by atoms with E-state index >= 15 is 0 Å². The Kier molecular flexibility index (Phi) is 4.85. The minimum atomic E-state index is -0.846. The maximum absolute atomic E-state index is 12.1. The number of aliphatic carboxylic acids is 1. The number of carboxylic acids is 1. The van der Waals surface area contributed by atoms with Crippen LogP contribution in [-0.2, 0) is 16.0 Å². The highest BCUT2D eigenvalue weighted by atomic mass is 16.4. The van der Waals surface area contributed by atoms with Gasteiger partial charge in [-0.3, -0.25) is 9.59 Å². The summed E-state index contributed by atoms with van der Waals surface area (Å²) in [6.07, 6.45) is 3.45. The van der Waals surface area contributed by atoms with E-state index < -0.39 is 11.5 Å². The van der Waals surface area contributed by atoms with Crippen LogP contribution in [0.15, 0.2) is 30.5 Å². The Bertz CT molecular complexity index is 673. The van der Waals surface area contributed by atoms with E-state index in [4.69, 9.17) is 5.11 Å². The number of para-hydroxylation sites is 1. The molecule has 3 N–H and O–H groups in total. The van der Waals surface area contributed by atoms with Gasteiger partial charge in [-0.25, -0.2) is 0 Å². The van der Waals surface area contributed by atoms with Gasteiger partial charge in [0.05, 0.1) is 0 Å². The van der Waals surface area contributed by atoms with Gasteiger partial charge in [0.2, 0.25) is 5.91 Å². The predicted octanol–water partition coefficient (Wildman–Crippen LogP) is 2.86. The molecule has 2 aromatic rings.